The van der Waals surface area contributed by atoms with Gasteiger partial charge < -0.3 is 0 Å². The van der Waals surface area contributed by atoms with Crippen LogP contribution in [0.15, 0.2) is 17.3 Å². The molecule has 1 atom stereocenters. The van der Waals surface area contributed by atoms with Crippen molar-refractivity contribution in [2.75, 3.05) is 0 Å². The summed E-state index contributed by atoms with van der Waals surface area (Å²) in [6, 6.07) is 0. The van der Waals surface area contributed by atoms with Crippen LogP contribution in [0.3, 0.4) is 0 Å². The molecule has 0 aliphatic carbocycles. The standard InChI is InChI=1S/C7H12N2O/c1-3-7-8-6(2)4-5-9(7)10/h4-5,7,10H,3H2,1-2H3. The molecule has 1 aliphatic heterocycles. The van der Waals surface area contributed by atoms with Crippen molar-refractivity contribution in [1.82, 2.24) is 5.06 Å². The van der Waals surface area contributed by atoms with E-state index in [0.717, 1.165) is 17.2 Å². The second-order valence-corrected chi connectivity index (χ2v) is 2.36. The Kier molecular flexibility index (Phi) is 2.06. The first-order chi connectivity index (χ1) is 4.74. The summed E-state index contributed by atoms with van der Waals surface area (Å²) in [6.45, 7) is 3.91. The number of hydrogen-bond acceptors (Lipinski definition) is 3. The largest absolute Gasteiger partial charge is 0.287 e. The van der Waals surface area contributed by atoms with Gasteiger partial charge in [0.25, 0.3) is 0 Å². The van der Waals surface area contributed by atoms with Gasteiger partial charge in [0.15, 0.2) is 0 Å². The van der Waals surface area contributed by atoms with E-state index in [4.69, 9.17) is 5.21 Å². The maximum atomic E-state index is 9.13. The summed E-state index contributed by atoms with van der Waals surface area (Å²) < 4.78 is 0. The molecule has 0 amide bonds. The van der Waals surface area contributed by atoms with Crippen LogP contribution in [0, 0.1) is 0 Å². The number of hydrogen-bond donors (Lipinski definition) is 1. The van der Waals surface area contributed by atoms with E-state index in [-0.39, 0.29) is 6.17 Å². The molecule has 0 bridgehead atoms. The van der Waals surface area contributed by atoms with Gasteiger partial charge in [0, 0.05) is 11.9 Å². The fraction of sp³-hybridized carbons (Fsp3) is 0.571. The minimum atomic E-state index is -0.0787. The molecule has 3 nitrogen and oxygen atoms in total. The number of allylic oxidation sites excluding steroid dienone is 1. The average Bonchev–Trinajstić information content (AvgIpc) is 1.94. The highest BCUT2D eigenvalue weighted by Gasteiger charge is 2.11. The Labute approximate surface area is 60.6 Å². The van der Waals surface area contributed by atoms with Crippen LogP contribution in [0.4, 0.5) is 0 Å². The molecule has 1 aliphatic rings. The molecule has 1 rings (SSSR count). The molecule has 0 aromatic rings. The minimum Gasteiger partial charge on any atom is -0.287 e. The molecule has 0 saturated carbocycles. The predicted octanol–water partition coefficient (Wildman–Crippen LogP) is 1.40. The second-order valence-electron chi connectivity index (χ2n) is 2.36. The Hall–Kier alpha value is -0.830. The van der Waals surface area contributed by atoms with Gasteiger partial charge in [-0.15, -0.1) is 0 Å². The fourth-order valence-electron chi connectivity index (χ4n) is 0.899. The van der Waals surface area contributed by atoms with Gasteiger partial charge in [-0.3, -0.25) is 10.2 Å². The highest BCUT2D eigenvalue weighted by Crippen LogP contribution is 2.08. The molecule has 56 valence electrons. The first-order valence-corrected chi connectivity index (χ1v) is 3.44. The minimum absolute atomic E-state index is 0.0787. The van der Waals surface area contributed by atoms with Crippen molar-refractivity contribution < 1.29 is 5.21 Å². The van der Waals surface area contributed by atoms with Gasteiger partial charge in [-0.1, -0.05) is 6.92 Å². The zero-order valence-corrected chi connectivity index (χ0v) is 6.28. The molecule has 1 unspecified atom stereocenters. The zero-order valence-electron chi connectivity index (χ0n) is 6.28. The highest BCUT2D eigenvalue weighted by molar-refractivity contribution is 5.93. The van der Waals surface area contributed by atoms with Crippen LogP contribution >= 0.6 is 0 Å². The molecular formula is C7H12N2O. The van der Waals surface area contributed by atoms with E-state index in [1.54, 1.807) is 12.3 Å². The number of nitrogens with zero attached hydrogens (tertiary/aromatic N) is 2. The fourth-order valence-corrected chi connectivity index (χ4v) is 0.899. The zero-order chi connectivity index (χ0) is 7.56. The molecule has 1 heterocycles. The summed E-state index contributed by atoms with van der Waals surface area (Å²) in [4.78, 5) is 4.19. The summed E-state index contributed by atoms with van der Waals surface area (Å²) in [6.07, 6.45) is 4.17. The van der Waals surface area contributed by atoms with Crippen LogP contribution in [0.5, 0.6) is 0 Å². The summed E-state index contributed by atoms with van der Waals surface area (Å²) in [5, 5.41) is 10.3. The molecule has 0 fully saturated rings. The Balaban J connectivity index is 2.67. The number of rotatable bonds is 1. The Bertz CT molecular complexity index is 174. The smallest absolute Gasteiger partial charge is 0.145 e. The summed E-state index contributed by atoms with van der Waals surface area (Å²) in [7, 11) is 0. The third-order valence-corrected chi connectivity index (χ3v) is 1.49. The van der Waals surface area contributed by atoms with Crippen LogP contribution in [-0.4, -0.2) is 22.1 Å². The molecule has 0 saturated heterocycles. The van der Waals surface area contributed by atoms with E-state index >= 15 is 0 Å². The lowest BCUT2D eigenvalue weighted by Gasteiger charge is -2.22. The van der Waals surface area contributed by atoms with Crippen molar-refractivity contribution in [3.63, 3.8) is 0 Å². The van der Waals surface area contributed by atoms with Crippen molar-refractivity contribution in [3.8, 4) is 0 Å². The van der Waals surface area contributed by atoms with Gasteiger partial charge in [0.1, 0.15) is 6.17 Å². The normalized spacial score (nSPS) is 24.9. The van der Waals surface area contributed by atoms with E-state index in [1.165, 1.54) is 0 Å². The van der Waals surface area contributed by atoms with Crippen molar-refractivity contribution in [3.05, 3.63) is 12.3 Å². The molecule has 0 spiro atoms. The Morgan fingerprint density at radius 2 is 2.50 bits per heavy atom. The first-order valence-electron chi connectivity index (χ1n) is 3.44. The monoisotopic (exact) mass is 140 g/mol. The molecular weight excluding hydrogens is 128 g/mol. The van der Waals surface area contributed by atoms with Crippen molar-refractivity contribution >= 4 is 5.71 Å². The van der Waals surface area contributed by atoms with E-state index in [9.17, 15) is 0 Å². The molecule has 0 aromatic carbocycles. The van der Waals surface area contributed by atoms with Crippen molar-refractivity contribution in [1.29, 1.82) is 0 Å². The summed E-state index contributed by atoms with van der Waals surface area (Å²) in [5.74, 6) is 0. The lowest BCUT2D eigenvalue weighted by atomic mass is 10.3. The SMILES string of the molecule is CCC1N=C(C)C=CN1O. The van der Waals surface area contributed by atoms with Crippen LogP contribution in [-0.2, 0) is 0 Å². The lowest BCUT2D eigenvalue weighted by Crippen LogP contribution is -2.28. The Morgan fingerprint density at radius 3 is 3.00 bits per heavy atom. The van der Waals surface area contributed by atoms with Crippen LogP contribution in [0.1, 0.15) is 20.3 Å². The van der Waals surface area contributed by atoms with E-state index < -0.39 is 0 Å². The maximum Gasteiger partial charge on any atom is 0.145 e. The van der Waals surface area contributed by atoms with E-state index in [1.807, 2.05) is 13.8 Å². The van der Waals surface area contributed by atoms with E-state index in [2.05, 4.69) is 4.99 Å². The van der Waals surface area contributed by atoms with Gasteiger partial charge in [-0.05, 0) is 19.4 Å². The molecule has 0 radical (unpaired) electrons. The van der Waals surface area contributed by atoms with Crippen LogP contribution < -0.4 is 0 Å². The third kappa shape index (κ3) is 1.36. The lowest BCUT2D eigenvalue weighted by molar-refractivity contribution is -0.0784. The van der Waals surface area contributed by atoms with Gasteiger partial charge in [-0.25, -0.2) is 5.06 Å². The summed E-state index contributed by atoms with van der Waals surface area (Å²) in [5.41, 5.74) is 0.970. The van der Waals surface area contributed by atoms with Gasteiger partial charge in [-0.2, -0.15) is 0 Å². The quantitative estimate of drug-likeness (QED) is 0.597. The molecule has 0 aromatic heterocycles. The first kappa shape index (κ1) is 7.28. The Morgan fingerprint density at radius 1 is 1.80 bits per heavy atom. The van der Waals surface area contributed by atoms with Gasteiger partial charge in [0.05, 0.1) is 0 Å². The van der Waals surface area contributed by atoms with Gasteiger partial charge >= 0.3 is 0 Å². The predicted molar refractivity (Wildman–Crippen MR) is 40.0 cm³/mol. The van der Waals surface area contributed by atoms with Crippen LogP contribution in [0.25, 0.3) is 0 Å². The van der Waals surface area contributed by atoms with Crippen LogP contribution in [0.2, 0.25) is 0 Å². The number of aliphatic imine (C=N–C) groups is 1. The number of hydroxylamine groups is 2. The maximum absolute atomic E-state index is 9.13. The van der Waals surface area contributed by atoms with Crippen molar-refractivity contribution in [2.45, 2.75) is 26.4 Å². The molecule has 1 N–H and O–H groups in total. The topological polar surface area (TPSA) is 35.8 Å². The van der Waals surface area contributed by atoms with Crippen molar-refractivity contribution in [2.24, 2.45) is 4.99 Å². The molecule has 3 heteroatoms. The third-order valence-electron chi connectivity index (χ3n) is 1.49. The highest BCUT2D eigenvalue weighted by atomic mass is 16.5. The van der Waals surface area contributed by atoms with Gasteiger partial charge in [0.2, 0.25) is 0 Å². The second kappa shape index (κ2) is 2.84. The summed E-state index contributed by atoms with van der Waals surface area (Å²) >= 11 is 0. The molecule has 10 heavy (non-hydrogen) atoms. The van der Waals surface area contributed by atoms with E-state index in [0.29, 0.717) is 0 Å². The average molecular weight is 140 g/mol.